The van der Waals surface area contributed by atoms with Gasteiger partial charge in [0.1, 0.15) is 12.6 Å². The van der Waals surface area contributed by atoms with E-state index in [0.29, 0.717) is 11.8 Å². The number of hydroxylamine groups is 1. The number of aliphatic hydroxyl groups excluding tert-OH is 1. The third kappa shape index (κ3) is 1.65. The molecule has 3 N–H and O–H groups in total. The first-order chi connectivity index (χ1) is 4.38. The van der Waals surface area contributed by atoms with Gasteiger partial charge in [0, 0.05) is 5.92 Å². The van der Waals surface area contributed by atoms with Gasteiger partial charge in [-0.2, -0.15) is 0 Å². The summed E-state index contributed by atoms with van der Waals surface area (Å²) in [5.41, 5.74) is 1.95. The molecule has 0 unspecified atom stereocenters. The van der Waals surface area contributed by atoms with Crippen LogP contribution >= 0.6 is 0 Å². The Balaban J connectivity index is 2.37. The number of nitrogens with one attached hydrogen (secondary N) is 1. The van der Waals surface area contributed by atoms with E-state index >= 15 is 0 Å². The number of hydrogen-bond donors (Lipinski definition) is 3. The Hall–Kier alpha value is -0.610. The lowest BCUT2D eigenvalue weighted by Crippen LogP contribution is -2.21. The zero-order valence-corrected chi connectivity index (χ0v) is 5.04. The van der Waals surface area contributed by atoms with Crippen LogP contribution in [0.15, 0.2) is 4.99 Å². The Morgan fingerprint density at radius 2 is 2.33 bits per heavy atom. The Bertz CT molecular complexity index is 120. The summed E-state index contributed by atoms with van der Waals surface area (Å²) in [4.78, 5) is 3.62. The first kappa shape index (κ1) is 6.51. The maximum Gasteiger partial charge on any atom is 0.136 e. The van der Waals surface area contributed by atoms with E-state index in [1.165, 1.54) is 0 Å². The van der Waals surface area contributed by atoms with E-state index in [0.717, 1.165) is 12.8 Å². The Morgan fingerprint density at radius 1 is 1.67 bits per heavy atom. The summed E-state index contributed by atoms with van der Waals surface area (Å²) >= 11 is 0. The van der Waals surface area contributed by atoms with Crippen LogP contribution in [-0.2, 0) is 0 Å². The van der Waals surface area contributed by atoms with Gasteiger partial charge in [-0.15, -0.1) is 0 Å². The van der Waals surface area contributed by atoms with E-state index in [9.17, 15) is 0 Å². The summed E-state index contributed by atoms with van der Waals surface area (Å²) in [6, 6.07) is 0. The van der Waals surface area contributed by atoms with Crippen molar-refractivity contribution in [2.24, 2.45) is 10.9 Å². The molecule has 1 aliphatic rings. The Labute approximate surface area is 53.2 Å². The minimum Gasteiger partial charge on any atom is -0.374 e. The van der Waals surface area contributed by atoms with Crippen molar-refractivity contribution in [3.05, 3.63) is 0 Å². The second-order valence-corrected chi connectivity index (χ2v) is 2.07. The molecule has 0 radical (unpaired) electrons. The van der Waals surface area contributed by atoms with Crippen LogP contribution in [0, 0.1) is 5.92 Å². The SMILES string of the molecule is OCN=C(NO)C1CC1. The van der Waals surface area contributed by atoms with Crippen molar-refractivity contribution in [2.45, 2.75) is 12.8 Å². The summed E-state index contributed by atoms with van der Waals surface area (Å²) in [7, 11) is 0. The van der Waals surface area contributed by atoms with E-state index < -0.39 is 0 Å². The fraction of sp³-hybridized carbons (Fsp3) is 0.800. The monoisotopic (exact) mass is 130 g/mol. The van der Waals surface area contributed by atoms with Crippen LogP contribution in [0.1, 0.15) is 12.8 Å². The normalized spacial score (nSPS) is 20.0. The zero-order chi connectivity index (χ0) is 6.69. The highest BCUT2D eigenvalue weighted by molar-refractivity contribution is 5.85. The molecule has 9 heavy (non-hydrogen) atoms. The van der Waals surface area contributed by atoms with Crippen LogP contribution in [0.4, 0.5) is 0 Å². The molecule has 52 valence electrons. The lowest BCUT2D eigenvalue weighted by molar-refractivity contribution is 0.227. The average molecular weight is 130 g/mol. The molecule has 0 atom stereocenters. The first-order valence-electron chi connectivity index (χ1n) is 2.93. The van der Waals surface area contributed by atoms with E-state index in [1.54, 1.807) is 0 Å². The molecule has 0 aliphatic heterocycles. The van der Waals surface area contributed by atoms with Gasteiger partial charge in [-0.3, -0.25) is 10.7 Å². The third-order valence-corrected chi connectivity index (χ3v) is 1.32. The van der Waals surface area contributed by atoms with Crippen molar-refractivity contribution in [3.63, 3.8) is 0 Å². The summed E-state index contributed by atoms with van der Waals surface area (Å²) in [5, 5.41) is 16.7. The number of aliphatic imine (C=N–C) groups is 1. The molecule has 1 fully saturated rings. The van der Waals surface area contributed by atoms with E-state index in [2.05, 4.69) is 4.99 Å². The minimum absolute atomic E-state index is 0.251. The lowest BCUT2D eigenvalue weighted by Gasteiger charge is -1.98. The second-order valence-electron chi connectivity index (χ2n) is 2.07. The Morgan fingerprint density at radius 3 is 2.67 bits per heavy atom. The van der Waals surface area contributed by atoms with Crippen molar-refractivity contribution in [3.8, 4) is 0 Å². The van der Waals surface area contributed by atoms with Crippen molar-refractivity contribution in [2.75, 3.05) is 6.73 Å². The van der Waals surface area contributed by atoms with Gasteiger partial charge in [-0.05, 0) is 12.8 Å². The summed E-state index contributed by atoms with van der Waals surface area (Å²) < 4.78 is 0. The van der Waals surface area contributed by atoms with Gasteiger partial charge in [0.25, 0.3) is 0 Å². The highest BCUT2D eigenvalue weighted by atomic mass is 16.5. The predicted octanol–water partition coefficient (Wildman–Crippen LogP) is -0.277. The van der Waals surface area contributed by atoms with E-state index in [1.807, 2.05) is 5.48 Å². The van der Waals surface area contributed by atoms with Crippen LogP contribution in [0.2, 0.25) is 0 Å². The highest BCUT2D eigenvalue weighted by Gasteiger charge is 2.26. The summed E-state index contributed by atoms with van der Waals surface area (Å²) in [6.45, 7) is -0.251. The molecule has 1 rings (SSSR count). The maximum atomic E-state index is 8.38. The molecule has 0 aromatic rings. The molecule has 0 aromatic carbocycles. The van der Waals surface area contributed by atoms with Gasteiger partial charge in [0.05, 0.1) is 0 Å². The van der Waals surface area contributed by atoms with E-state index in [4.69, 9.17) is 10.3 Å². The van der Waals surface area contributed by atoms with Crippen LogP contribution in [0.5, 0.6) is 0 Å². The predicted molar refractivity (Wildman–Crippen MR) is 32.2 cm³/mol. The number of rotatable bonds is 2. The molecule has 1 aliphatic carbocycles. The minimum atomic E-state index is -0.251. The molecule has 0 spiro atoms. The fourth-order valence-corrected chi connectivity index (χ4v) is 0.689. The largest absolute Gasteiger partial charge is 0.374 e. The van der Waals surface area contributed by atoms with Gasteiger partial charge < -0.3 is 5.11 Å². The van der Waals surface area contributed by atoms with Crippen molar-refractivity contribution in [1.29, 1.82) is 0 Å². The third-order valence-electron chi connectivity index (χ3n) is 1.32. The number of aliphatic hydroxyl groups is 1. The average Bonchev–Trinajstić information content (AvgIpc) is 2.64. The topological polar surface area (TPSA) is 64.9 Å². The van der Waals surface area contributed by atoms with Gasteiger partial charge in [-0.25, -0.2) is 4.99 Å². The first-order valence-corrected chi connectivity index (χ1v) is 2.93. The summed E-state index contributed by atoms with van der Waals surface area (Å²) in [5.74, 6) is 0.875. The lowest BCUT2D eigenvalue weighted by atomic mass is 10.4. The second kappa shape index (κ2) is 2.80. The highest BCUT2D eigenvalue weighted by Crippen LogP contribution is 2.29. The van der Waals surface area contributed by atoms with Crippen LogP contribution < -0.4 is 5.48 Å². The number of amidine groups is 1. The van der Waals surface area contributed by atoms with Gasteiger partial charge in [0.15, 0.2) is 0 Å². The molecule has 4 nitrogen and oxygen atoms in total. The van der Waals surface area contributed by atoms with Crippen LogP contribution in [0.3, 0.4) is 0 Å². The molecule has 0 saturated heterocycles. The standard InChI is InChI=1S/C5H10N2O2/c8-3-6-5(7-9)4-1-2-4/h4,8-9H,1-3H2,(H,6,7). The molecule has 4 heteroatoms. The number of hydrogen-bond acceptors (Lipinski definition) is 3. The number of nitrogens with zero attached hydrogens (tertiary/aromatic N) is 1. The quantitative estimate of drug-likeness (QED) is 0.274. The van der Waals surface area contributed by atoms with Gasteiger partial charge in [0.2, 0.25) is 0 Å². The molecule has 0 aromatic heterocycles. The molecule has 0 bridgehead atoms. The van der Waals surface area contributed by atoms with Crippen molar-refractivity contribution < 1.29 is 10.3 Å². The van der Waals surface area contributed by atoms with Crippen molar-refractivity contribution >= 4 is 5.84 Å². The maximum absolute atomic E-state index is 8.38. The van der Waals surface area contributed by atoms with Gasteiger partial charge >= 0.3 is 0 Å². The van der Waals surface area contributed by atoms with Crippen LogP contribution in [-0.4, -0.2) is 22.9 Å². The molecule has 0 heterocycles. The summed E-state index contributed by atoms with van der Waals surface area (Å²) in [6.07, 6.45) is 2.12. The molecular weight excluding hydrogens is 120 g/mol. The fourth-order valence-electron chi connectivity index (χ4n) is 0.689. The Kier molecular flexibility index (Phi) is 2.02. The van der Waals surface area contributed by atoms with E-state index in [-0.39, 0.29) is 6.73 Å². The molecular formula is C5H10N2O2. The van der Waals surface area contributed by atoms with Crippen LogP contribution in [0.25, 0.3) is 0 Å². The molecule has 0 amide bonds. The smallest absolute Gasteiger partial charge is 0.136 e. The zero-order valence-electron chi connectivity index (χ0n) is 5.04. The molecule has 1 saturated carbocycles. The van der Waals surface area contributed by atoms with Crippen molar-refractivity contribution in [1.82, 2.24) is 5.48 Å². The van der Waals surface area contributed by atoms with Gasteiger partial charge in [-0.1, -0.05) is 0 Å².